The first-order valence-electron chi connectivity index (χ1n) is 4.85. The lowest BCUT2D eigenvalue weighted by Gasteiger charge is -2.19. The molecule has 0 spiro atoms. The van der Waals surface area contributed by atoms with Crippen LogP contribution in [0.2, 0.25) is 0 Å². The highest BCUT2D eigenvalue weighted by Gasteiger charge is 2.17. The minimum atomic E-state index is -0.500. The summed E-state index contributed by atoms with van der Waals surface area (Å²) in [5, 5.41) is 2.56. The number of furan rings is 1. The Labute approximate surface area is 89.6 Å². The normalized spacial score (nSPS) is 11.3. The highest BCUT2D eigenvalue weighted by molar-refractivity contribution is 5.84. The van der Waals surface area contributed by atoms with Crippen LogP contribution in [-0.4, -0.2) is 11.7 Å². The van der Waals surface area contributed by atoms with Crippen LogP contribution in [0.15, 0.2) is 10.5 Å². The predicted octanol–water partition coefficient (Wildman–Crippen LogP) is 3.24. The second kappa shape index (κ2) is 3.96. The lowest BCUT2D eigenvalue weighted by Crippen LogP contribution is -2.27. The molecule has 0 aliphatic carbocycles. The summed E-state index contributed by atoms with van der Waals surface area (Å²) in [4.78, 5) is 11.4. The van der Waals surface area contributed by atoms with Gasteiger partial charge in [-0.2, -0.15) is 0 Å². The summed E-state index contributed by atoms with van der Waals surface area (Å²) in [6.45, 7) is 9.13. The van der Waals surface area contributed by atoms with Crippen molar-refractivity contribution < 1.29 is 13.9 Å². The highest BCUT2D eigenvalue weighted by atomic mass is 16.6. The molecule has 0 radical (unpaired) electrons. The molecule has 4 nitrogen and oxygen atoms in total. The molecule has 1 heterocycles. The molecular weight excluding hydrogens is 194 g/mol. The summed E-state index contributed by atoms with van der Waals surface area (Å²) in [7, 11) is 0. The molecule has 1 N–H and O–H groups in total. The van der Waals surface area contributed by atoms with Gasteiger partial charge in [0.05, 0.1) is 0 Å². The van der Waals surface area contributed by atoms with E-state index in [2.05, 4.69) is 5.32 Å². The fourth-order valence-electron chi connectivity index (χ4n) is 1.16. The van der Waals surface area contributed by atoms with Gasteiger partial charge in [0.25, 0.3) is 0 Å². The number of ether oxygens (including phenoxy) is 1. The lowest BCUT2D eigenvalue weighted by atomic mass is 10.2. The second-order valence-corrected chi connectivity index (χ2v) is 4.50. The molecule has 0 aliphatic rings. The zero-order chi connectivity index (χ0) is 11.6. The van der Waals surface area contributed by atoms with E-state index in [0.29, 0.717) is 5.88 Å². The van der Waals surface area contributed by atoms with Gasteiger partial charge in [-0.1, -0.05) is 0 Å². The van der Waals surface area contributed by atoms with E-state index in [1.807, 2.05) is 40.7 Å². The lowest BCUT2D eigenvalue weighted by molar-refractivity contribution is 0.0632. The number of hydrogen-bond donors (Lipinski definition) is 1. The first-order chi connectivity index (χ1) is 6.78. The molecule has 1 amide bonds. The van der Waals surface area contributed by atoms with Crippen LogP contribution >= 0.6 is 0 Å². The van der Waals surface area contributed by atoms with Crippen molar-refractivity contribution in [3.63, 3.8) is 0 Å². The first-order valence-corrected chi connectivity index (χ1v) is 4.85. The molecule has 84 valence electrons. The Morgan fingerprint density at radius 2 is 2.00 bits per heavy atom. The maximum absolute atomic E-state index is 11.4. The van der Waals surface area contributed by atoms with E-state index in [9.17, 15) is 4.79 Å². The van der Waals surface area contributed by atoms with Crippen molar-refractivity contribution in [1.82, 2.24) is 0 Å². The minimum Gasteiger partial charge on any atom is -0.445 e. The van der Waals surface area contributed by atoms with E-state index >= 15 is 0 Å². The standard InChI is InChI=1S/C11H17NO3/c1-7-6-8(2)14-9(7)12-10(13)15-11(3,4)5/h6H,1-5H3,(H,12,13). The summed E-state index contributed by atoms with van der Waals surface area (Å²) in [6.07, 6.45) is -0.500. The van der Waals surface area contributed by atoms with Crippen molar-refractivity contribution in [1.29, 1.82) is 0 Å². The van der Waals surface area contributed by atoms with Gasteiger partial charge >= 0.3 is 6.09 Å². The Bertz CT molecular complexity index is 360. The number of rotatable bonds is 1. The maximum Gasteiger partial charge on any atom is 0.414 e. The quantitative estimate of drug-likeness (QED) is 0.775. The first kappa shape index (κ1) is 11.6. The van der Waals surface area contributed by atoms with E-state index in [-0.39, 0.29) is 0 Å². The minimum absolute atomic E-state index is 0.446. The van der Waals surface area contributed by atoms with Gasteiger partial charge in [0.1, 0.15) is 11.4 Å². The zero-order valence-electron chi connectivity index (χ0n) is 9.80. The van der Waals surface area contributed by atoms with Crippen molar-refractivity contribution in [2.75, 3.05) is 5.32 Å². The largest absolute Gasteiger partial charge is 0.445 e. The Morgan fingerprint density at radius 3 is 2.40 bits per heavy atom. The average molecular weight is 211 g/mol. The topological polar surface area (TPSA) is 51.5 Å². The molecule has 0 atom stereocenters. The van der Waals surface area contributed by atoms with Gasteiger partial charge in [-0.15, -0.1) is 0 Å². The number of anilines is 1. The second-order valence-electron chi connectivity index (χ2n) is 4.50. The van der Waals surface area contributed by atoms with E-state index in [0.717, 1.165) is 11.3 Å². The van der Waals surface area contributed by atoms with Crippen molar-refractivity contribution in [3.05, 3.63) is 17.4 Å². The Kier molecular flexibility index (Phi) is 3.07. The van der Waals surface area contributed by atoms with Crippen LogP contribution in [-0.2, 0) is 4.74 Å². The van der Waals surface area contributed by atoms with Gasteiger partial charge in [0.2, 0.25) is 5.88 Å². The van der Waals surface area contributed by atoms with Gasteiger partial charge in [0.15, 0.2) is 0 Å². The number of amides is 1. The van der Waals surface area contributed by atoms with Crippen LogP contribution in [0.5, 0.6) is 0 Å². The molecular formula is C11H17NO3. The molecule has 1 aromatic heterocycles. The molecule has 0 fully saturated rings. The fourth-order valence-corrected chi connectivity index (χ4v) is 1.16. The summed E-state index contributed by atoms with van der Waals surface area (Å²) in [5.74, 6) is 1.21. The maximum atomic E-state index is 11.4. The number of carbonyl (C=O) groups excluding carboxylic acids is 1. The fraction of sp³-hybridized carbons (Fsp3) is 0.545. The smallest absolute Gasteiger partial charge is 0.414 e. The zero-order valence-corrected chi connectivity index (χ0v) is 9.80. The number of aryl methyl sites for hydroxylation is 2. The van der Waals surface area contributed by atoms with Crippen LogP contribution < -0.4 is 5.32 Å². The number of nitrogens with one attached hydrogen (secondary N) is 1. The van der Waals surface area contributed by atoms with Crippen LogP contribution in [0.3, 0.4) is 0 Å². The van der Waals surface area contributed by atoms with Gasteiger partial charge in [-0.3, -0.25) is 5.32 Å². The Hall–Kier alpha value is -1.45. The highest BCUT2D eigenvalue weighted by Crippen LogP contribution is 2.20. The van der Waals surface area contributed by atoms with Crippen molar-refractivity contribution in [2.45, 2.75) is 40.2 Å². The van der Waals surface area contributed by atoms with Crippen LogP contribution in [0, 0.1) is 13.8 Å². The van der Waals surface area contributed by atoms with E-state index in [1.165, 1.54) is 0 Å². The molecule has 1 rings (SSSR count). The molecule has 0 saturated heterocycles. The summed E-state index contributed by atoms with van der Waals surface area (Å²) in [6, 6.07) is 1.85. The van der Waals surface area contributed by atoms with E-state index in [1.54, 1.807) is 0 Å². The third-order valence-corrected chi connectivity index (χ3v) is 1.66. The van der Waals surface area contributed by atoms with Crippen molar-refractivity contribution in [3.8, 4) is 0 Å². The third-order valence-electron chi connectivity index (χ3n) is 1.66. The molecule has 1 aromatic rings. The number of hydrogen-bond acceptors (Lipinski definition) is 3. The van der Waals surface area contributed by atoms with Crippen LogP contribution in [0.4, 0.5) is 10.7 Å². The van der Waals surface area contributed by atoms with Gasteiger partial charge in [-0.25, -0.2) is 4.79 Å². The van der Waals surface area contributed by atoms with Crippen LogP contribution in [0.25, 0.3) is 0 Å². The summed E-state index contributed by atoms with van der Waals surface area (Å²) in [5.41, 5.74) is 0.387. The monoisotopic (exact) mass is 211 g/mol. The van der Waals surface area contributed by atoms with Crippen molar-refractivity contribution in [2.24, 2.45) is 0 Å². The Morgan fingerprint density at radius 1 is 1.40 bits per heavy atom. The van der Waals surface area contributed by atoms with Gasteiger partial charge in [-0.05, 0) is 40.7 Å². The van der Waals surface area contributed by atoms with Gasteiger partial charge in [0, 0.05) is 5.56 Å². The average Bonchev–Trinajstić information content (AvgIpc) is 2.25. The summed E-state index contributed by atoms with van der Waals surface area (Å²) < 4.78 is 10.4. The number of carbonyl (C=O) groups is 1. The molecule has 0 saturated carbocycles. The van der Waals surface area contributed by atoms with E-state index in [4.69, 9.17) is 9.15 Å². The molecule has 0 bridgehead atoms. The van der Waals surface area contributed by atoms with Crippen LogP contribution in [0.1, 0.15) is 32.1 Å². The molecule has 15 heavy (non-hydrogen) atoms. The SMILES string of the molecule is Cc1cc(C)c(NC(=O)OC(C)(C)C)o1. The van der Waals surface area contributed by atoms with Crippen molar-refractivity contribution >= 4 is 12.0 Å². The van der Waals surface area contributed by atoms with E-state index < -0.39 is 11.7 Å². The van der Waals surface area contributed by atoms with Gasteiger partial charge < -0.3 is 9.15 Å². The summed E-state index contributed by atoms with van der Waals surface area (Å²) >= 11 is 0. The molecule has 0 unspecified atom stereocenters. The Balaban J connectivity index is 2.63. The third kappa shape index (κ3) is 3.65. The molecule has 0 aromatic carbocycles. The molecule has 4 heteroatoms. The molecule has 0 aliphatic heterocycles. The predicted molar refractivity (Wildman–Crippen MR) is 58.0 cm³/mol.